The maximum atomic E-state index is 5.11. The monoisotopic (exact) mass is 89.0 g/mol. The molecule has 7 heavy (non-hydrogen) atoms. The minimum Gasteiger partial charge on any atom is -0.199 e. The fourth-order valence-electron chi connectivity index (χ4n) is 0.247. The molecule has 1 aromatic heterocycles. The lowest BCUT2D eigenvalue weighted by molar-refractivity contribution is 0.954. The van der Waals surface area contributed by atoms with E-state index < -0.39 is 0 Å². The molecule has 0 aliphatic rings. The van der Waals surface area contributed by atoms with Crippen LogP contribution in [0, 0.1) is 0 Å². The van der Waals surface area contributed by atoms with Crippen molar-refractivity contribution in [1.82, 2.24) is 15.4 Å². The minimum atomic E-state index is 0.250. The van der Waals surface area contributed by atoms with E-state index in [2.05, 4.69) is 15.4 Å². The van der Waals surface area contributed by atoms with E-state index in [1.165, 1.54) is 0 Å². The number of rotatable bonds is 0. The van der Waals surface area contributed by atoms with Crippen molar-refractivity contribution >= 4 is 26.9 Å². The molecule has 0 aromatic carbocycles. The van der Waals surface area contributed by atoms with Crippen molar-refractivity contribution in [3.05, 3.63) is 0 Å². The third kappa shape index (κ3) is 0.656. The summed E-state index contributed by atoms with van der Waals surface area (Å²) in [6.07, 6.45) is 0. The molecule has 1 aromatic rings. The van der Waals surface area contributed by atoms with E-state index in [-0.39, 0.29) is 11.2 Å². The molecule has 5 heteroatoms. The summed E-state index contributed by atoms with van der Waals surface area (Å²) < 4.78 is 0. The number of H-pyrrole nitrogens is 1. The number of aromatic nitrogens is 3. The van der Waals surface area contributed by atoms with Gasteiger partial charge in [0.15, 0.2) is 0 Å². The topological polar surface area (TPSA) is 41.6 Å². The molecule has 0 spiro atoms. The predicted molar refractivity (Wildman–Crippen MR) is 27.2 cm³/mol. The first-order valence-electron chi connectivity index (χ1n) is 1.72. The van der Waals surface area contributed by atoms with Crippen molar-refractivity contribution in [2.75, 3.05) is 0 Å². The van der Waals surface area contributed by atoms with Crippen LogP contribution in [0.5, 0.6) is 0 Å². The zero-order valence-electron chi connectivity index (χ0n) is 3.55. The SMILES string of the molecule is [B]c1n[nH]nc1[B]. The molecule has 1 heterocycles. The third-order valence-electron chi connectivity index (χ3n) is 0.603. The van der Waals surface area contributed by atoms with E-state index in [9.17, 15) is 0 Å². The lowest BCUT2D eigenvalue weighted by Crippen LogP contribution is -2.24. The summed E-state index contributed by atoms with van der Waals surface area (Å²) in [5.74, 6) is 0. The molecule has 1 rings (SSSR count). The van der Waals surface area contributed by atoms with Crippen LogP contribution in [-0.4, -0.2) is 31.1 Å². The number of aromatic amines is 1. The lowest BCUT2D eigenvalue weighted by Gasteiger charge is -1.75. The summed E-state index contributed by atoms with van der Waals surface area (Å²) in [6.45, 7) is 0. The standard InChI is InChI=1S/C2HB2N3/c3-1-2(4)6-7-5-1/h(H,5,6,7). The van der Waals surface area contributed by atoms with Crippen molar-refractivity contribution in [1.29, 1.82) is 0 Å². The highest BCUT2D eigenvalue weighted by atomic mass is 15.3. The second-order valence-electron chi connectivity index (χ2n) is 1.09. The Morgan fingerprint density at radius 3 is 1.71 bits per heavy atom. The summed E-state index contributed by atoms with van der Waals surface area (Å²) in [5.41, 5.74) is 0.500. The van der Waals surface area contributed by atoms with Gasteiger partial charge in [0.25, 0.3) is 0 Å². The van der Waals surface area contributed by atoms with Gasteiger partial charge in [0.1, 0.15) is 15.7 Å². The smallest absolute Gasteiger partial charge is 0.145 e. The molecule has 0 unspecified atom stereocenters. The molecule has 0 aliphatic carbocycles. The van der Waals surface area contributed by atoms with Crippen molar-refractivity contribution in [3.8, 4) is 0 Å². The normalized spacial score (nSPS) is 9.14. The Morgan fingerprint density at radius 1 is 1.14 bits per heavy atom. The van der Waals surface area contributed by atoms with E-state index in [1.807, 2.05) is 0 Å². The molecule has 0 saturated carbocycles. The first-order chi connectivity index (χ1) is 3.30. The zero-order valence-corrected chi connectivity index (χ0v) is 3.55. The van der Waals surface area contributed by atoms with Gasteiger partial charge >= 0.3 is 0 Å². The van der Waals surface area contributed by atoms with E-state index in [4.69, 9.17) is 15.7 Å². The van der Waals surface area contributed by atoms with Gasteiger partial charge in [-0.2, -0.15) is 15.4 Å². The average molecular weight is 88.7 g/mol. The van der Waals surface area contributed by atoms with Crippen LogP contribution >= 0.6 is 0 Å². The first-order valence-corrected chi connectivity index (χ1v) is 1.72. The van der Waals surface area contributed by atoms with Gasteiger partial charge in [-0.3, -0.25) is 0 Å². The summed E-state index contributed by atoms with van der Waals surface area (Å²) >= 11 is 0. The van der Waals surface area contributed by atoms with Gasteiger partial charge in [0.05, 0.1) is 0 Å². The fraction of sp³-hybridized carbons (Fsp3) is 0. The Bertz CT molecular complexity index is 143. The molecule has 0 atom stereocenters. The maximum Gasteiger partial charge on any atom is 0.145 e. The highest BCUT2D eigenvalue weighted by molar-refractivity contribution is 6.46. The second kappa shape index (κ2) is 1.40. The van der Waals surface area contributed by atoms with Gasteiger partial charge in [0, 0.05) is 11.2 Å². The predicted octanol–water partition coefficient (Wildman–Crippen LogP) is -2.61. The zero-order chi connectivity index (χ0) is 5.28. The molecule has 0 amide bonds. The van der Waals surface area contributed by atoms with E-state index in [0.717, 1.165) is 0 Å². The molecular formula is C2HB2N3. The Morgan fingerprint density at radius 2 is 1.57 bits per heavy atom. The van der Waals surface area contributed by atoms with E-state index in [1.54, 1.807) is 0 Å². The number of nitrogens with zero attached hydrogens (tertiary/aromatic N) is 2. The van der Waals surface area contributed by atoms with Crippen LogP contribution in [0.3, 0.4) is 0 Å². The molecule has 0 aliphatic heterocycles. The summed E-state index contributed by atoms with van der Waals surface area (Å²) in [7, 11) is 10.2. The molecule has 0 saturated heterocycles. The van der Waals surface area contributed by atoms with Crippen LogP contribution in [0.25, 0.3) is 0 Å². The molecule has 4 radical (unpaired) electrons. The summed E-state index contributed by atoms with van der Waals surface area (Å²) in [6, 6.07) is 0. The second-order valence-corrected chi connectivity index (χ2v) is 1.09. The molecule has 3 nitrogen and oxygen atoms in total. The molecule has 1 N–H and O–H groups in total. The van der Waals surface area contributed by atoms with Crippen LogP contribution in [0.1, 0.15) is 0 Å². The van der Waals surface area contributed by atoms with E-state index >= 15 is 0 Å². The van der Waals surface area contributed by atoms with Gasteiger partial charge in [-0.1, -0.05) is 0 Å². The minimum absolute atomic E-state index is 0.250. The highest BCUT2D eigenvalue weighted by Gasteiger charge is 1.89. The van der Waals surface area contributed by atoms with Gasteiger partial charge in [0.2, 0.25) is 0 Å². The molecule has 0 bridgehead atoms. The third-order valence-corrected chi connectivity index (χ3v) is 0.603. The molecular weight excluding hydrogens is 87.7 g/mol. The number of hydrogen-bond donors (Lipinski definition) is 1. The van der Waals surface area contributed by atoms with Crippen molar-refractivity contribution in [2.24, 2.45) is 0 Å². The van der Waals surface area contributed by atoms with Crippen molar-refractivity contribution < 1.29 is 0 Å². The van der Waals surface area contributed by atoms with Gasteiger partial charge < -0.3 is 0 Å². The van der Waals surface area contributed by atoms with Gasteiger partial charge in [-0.25, -0.2) is 0 Å². The largest absolute Gasteiger partial charge is 0.199 e. The van der Waals surface area contributed by atoms with Crippen molar-refractivity contribution in [3.63, 3.8) is 0 Å². The average Bonchev–Trinajstić information content (AvgIpc) is 1.91. The Hall–Kier alpha value is -0.730. The lowest BCUT2D eigenvalue weighted by atomic mass is 9.92. The Labute approximate surface area is 43.3 Å². The van der Waals surface area contributed by atoms with Crippen LogP contribution in [0.2, 0.25) is 0 Å². The summed E-state index contributed by atoms with van der Waals surface area (Å²) in [4.78, 5) is 0. The van der Waals surface area contributed by atoms with Gasteiger partial charge in [-0.15, -0.1) is 0 Å². The van der Waals surface area contributed by atoms with Crippen LogP contribution in [0.4, 0.5) is 0 Å². The van der Waals surface area contributed by atoms with Crippen molar-refractivity contribution in [2.45, 2.75) is 0 Å². The number of nitrogens with one attached hydrogen (secondary N) is 1. The molecule has 30 valence electrons. The van der Waals surface area contributed by atoms with Crippen LogP contribution in [-0.2, 0) is 0 Å². The molecule has 0 fully saturated rings. The van der Waals surface area contributed by atoms with E-state index in [0.29, 0.717) is 0 Å². The number of hydrogen-bond acceptors (Lipinski definition) is 2. The van der Waals surface area contributed by atoms with Crippen LogP contribution < -0.4 is 11.2 Å². The Kier molecular flexibility index (Phi) is 0.889. The Balaban J connectivity index is 3.12. The summed E-state index contributed by atoms with van der Waals surface area (Å²) in [5, 5.41) is 9.11. The quantitative estimate of drug-likeness (QED) is 0.353. The first kappa shape index (κ1) is 4.43. The van der Waals surface area contributed by atoms with Gasteiger partial charge in [-0.05, 0) is 0 Å². The maximum absolute atomic E-state index is 5.11. The fourth-order valence-corrected chi connectivity index (χ4v) is 0.247. The van der Waals surface area contributed by atoms with Crippen LogP contribution in [0.15, 0.2) is 0 Å². The highest BCUT2D eigenvalue weighted by Crippen LogP contribution is 1.46.